The topological polar surface area (TPSA) is 89.3 Å². The van der Waals surface area contributed by atoms with Crippen molar-refractivity contribution in [1.82, 2.24) is 5.32 Å². The summed E-state index contributed by atoms with van der Waals surface area (Å²) < 4.78 is 25.1. The highest BCUT2D eigenvalue weighted by Gasteiger charge is 2.30. The van der Waals surface area contributed by atoms with Crippen LogP contribution in [0.5, 0.6) is 0 Å². The molecule has 0 aliphatic heterocycles. The summed E-state index contributed by atoms with van der Waals surface area (Å²) >= 11 is 0. The molecule has 3 N–H and O–H groups in total. The molecule has 0 spiro atoms. The van der Waals surface area contributed by atoms with Gasteiger partial charge < -0.3 is 11.1 Å². The van der Waals surface area contributed by atoms with E-state index < -0.39 is 9.84 Å². The zero-order valence-electron chi connectivity index (χ0n) is 14.7. The zero-order valence-corrected chi connectivity index (χ0v) is 16.4. The fraction of sp³-hybridized carbons (Fsp3) is 0.611. The maximum absolute atomic E-state index is 12.5. The van der Waals surface area contributed by atoms with Gasteiger partial charge in [0.25, 0.3) is 5.91 Å². The van der Waals surface area contributed by atoms with E-state index in [1.54, 1.807) is 24.3 Å². The molecule has 25 heavy (non-hydrogen) atoms. The van der Waals surface area contributed by atoms with Crippen molar-refractivity contribution in [3.8, 4) is 0 Å². The van der Waals surface area contributed by atoms with E-state index in [-0.39, 0.29) is 29.6 Å². The summed E-state index contributed by atoms with van der Waals surface area (Å²) in [7, 11) is -3.27. The number of amides is 1. The van der Waals surface area contributed by atoms with E-state index in [2.05, 4.69) is 12.2 Å². The van der Waals surface area contributed by atoms with E-state index in [0.29, 0.717) is 17.0 Å². The number of unbranched alkanes of at least 4 members (excludes halogenated alkanes) is 1. The van der Waals surface area contributed by atoms with E-state index in [1.165, 1.54) is 0 Å². The minimum absolute atomic E-state index is 0. The molecular weight excluding hydrogens is 360 g/mol. The van der Waals surface area contributed by atoms with Crippen LogP contribution in [-0.2, 0) is 9.84 Å². The summed E-state index contributed by atoms with van der Waals surface area (Å²) in [6.07, 6.45) is 6.35. The Kier molecular flexibility index (Phi) is 8.89. The quantitative estimate of drug-likeness (QED) is 0.716. The molecule has 7 heteroatoms. The number of sulfone groups is 1. The summed E-state index contributed by atoms with van der Waals surface area (Å²) in [4.78, 5) is 12.6. The molecule has 2 rings (SSSR count). The molecule has 1 aliphatic carbocycles. The Morgan fingerprint density at radius 3 is 2.36 bits per heavy atom. The third-order valence-electron chi connectivity index (χ3n) is 4.71. The van der Waals surface area contributed by atoms with Gasteiger partial charge in [0.2, 0.25) is 0 Å². The Morgan fingerprint density at radius 2 is 1.84 bits per heavy atom. The number of hydrogen-bond acceptors (Lipinski definition) is 4. The molecule has 5 nitrogen and oxygen atoms in total. The average Bonchev–Trinajstić information content (AvgIpc) is 3.14. The Balaban J connectivity index is 0.00000312. The molecule has 1 atom stereocenters. The van der Waals surface area contributed by atoms with Crippen molar-refractivity contribution in [2.24, 2.45) is 5.73 Å². The minimum atomic E-state index is -3.27. The average molecular weight is 389 g/mol. The van der Waals surface area contributed by atoms with Crippen molar-refractivity contribution >= 4 is 28.2 Å². The summed E-state index contributed by atoms with van der Waals surface area (Å²) in [5.41, 5.74) is 6.16. The maximum Gasteiger partial charge on any atom is 0.251 e. The van der Waals surface area contributed by atoms with Gasteiger partial charge in [-0.05, 0) is 43.5 Å². The van der Waals surface area contributed by atoms with Crippen LogP contribution in [0.3, 0.4) is 0 Å². The lowest BCUT2D eigenvalue weighted by Crippen LogP contribution is -2.40. The van der Waals surface area contributed by atoms with Crippen molar-refractivity contribution in [3.05, 3.63) is 29.8 Å². The van der Waals surface area contributed by atoms with Gasteiger partial charge in [0.15, 0.2) is 9.84 Å². The van der Waals surface area contributed by atoms with E-state index in [1.807, 2.05) is 0 Å². The molecule has 1 aliphatic rings. The van der Waals surface area contributed by atoms with Crippen molar-refractivity contribution in [1.29, 1.82) is 0 Å². The van der Waals surface area contributed by atoms with Gasteiger partial charge in [-0.25, -0.2) is 8.42 Å². The number of carbonyl (C=O) groups is 1. The lowest BCUT2D eigenvalue weighted by Gasteiger charge is -2.17. The lowest BCUT2D eigenvalue weighted by molar-refractivity contribution is 0.0935. The zero-order chi connectivity index (χ0) is 17.6. The summed E-state index contributed by atoms with van der Waals surface area (Å²) in [5, 5.41) is 2.65. The van der Waals surface area contributed by atoms with Gasteiger partial charge in [0.05, 0.1) is 10.1 Å². The molecule has 142 valence electrons. The van der Waals surface area contributed by atoms with Crippen molar-refractivity contribution in [3.63, 3.8) is 0 Å². The molecule has 0 aromatic heterocycles. The lowest BCUT2D eigenvalue weighted by atomic mass is 10.1. The van der Waals surface area contributed by atoms with Crippen molar-refractivity contribution in [2.75, 3.05) is 6.54 Å². The highest BCUT2D eigenvalue weighted by molar-refractivity contribution is 7.92. The summed E-state index contributed by atoms with van der Waals surface area (Å²) in [6.45, 7) is 2.50. The third kappa shape index (κ3) is 5.69. The number of nitrogens with two attached hydrogens (primary N) is 1. The van der Waals surface area contributed by atoms with Crippen molar-refractivity contribution < 1.29 is 13.2 Å². The van der Waals surface area contributed by atoms with Gasteiger partial charge >= 0.3 is 0 Å². The van der Waals surface area contributed by atoms with Gasteiger partial charge in [0, 0.05) is 18.2 Å². The maximum atomic E-state index is 12.5. The number of nitrogens with one attached hydrogen (secondary N) is 1. The molecule has 1 aromatic rings. The number of carbonyl (C=O) groups excluding carboxylic acids is 1. The summed E-state index contributed by atoms with van der Waals surface area (Å²) in [5.74, 6) is -0.202. The predicted molar refractivity (Wildman–Crippen MR) is 103 cm³/mol. The number of rotatable bonds is 8. The van der Waals surface area contributed by atoms with E-state index >= 15 is 0 Å². The first-order valence-corrected chi connectivity index (χ1v) is 10.4. The Hall–Kier alpha value is -1.11. The molecule has 0 saturated heterocycles. The number of benzene rings is 1. The van der Waals surface area contributed by atoms with Gasteiger partial charge in [-0.15, -0.1) is 12.4 Å². The van der Waals surface area contributed by atoms with Crippen molar-refractivity contribution in [2.45, 2.75) is 68.1 Å². The van der Waals surface area contributed by atoms with Gasteiger partial charge in [-0.1, -0.05) is 32.6 Å². The molecule has 0 radical (unpaired) electrons. The molecule has 1 unspecified atom stereocenters. The first kappa shape index (κ1) is 21.9. The van der Waals surface area contributed by atoms with E-state index in [0.717, 1.165) is 44.9 Å². The van der Waals surface area contributed by atoms with E-state index in [9.17, 15) is 13.2 Å². The highest BCUT2D eigenvalue weighted by atomic mass is 35.5. The Morgan fingerprint density at radius 1 is 1.24 bits per heavy atom. The van der Waals surface area contributed by atoms with Gasteiger partial charge in [-0.2, -0.15) is 0 Å². The standard InChI is InChI=1S/C18H28N2O3S.ClH/c1-2-3-6-15(13-19)20-18(21)14-9-11-17(12-10-14)24(22,23)16-7-4-5-8-16;/h9-12,15-16H,2-8,13,19H2,1H3,(H,20,21);1H. The fourth-order valence-electron chi connectivity index (χ4n) is 3.16. The second kappa shape index (κ2) is 10.1. The molecular formula is C18H29ClN2O3S. The van der Waals surface area contributed by atoms with Crippen LogP contribution in [0.2, 0.25) is 0 Å². The van der Waals surface area contributed by atoms with Crippen LogP contribution in [0.25, 0.3) is 0 Å². The number of halogens is 1. The van der Waals surface area contributed by atoms with Crippen LogP contribution >= 0.6 is 12.4 Å². The van der Waals surface area contributed by atoms with Crippen LogP contribution in [0.4, 0.5) is 0 Å². The van der Waals surface area contributed by atoms with Crippen LogP contribution in [0.1, 0.15) is 62.2 Å². The Bertz CT molecular complexity index is 641. The van der Waals surface area contributed by atoms with E-state index in [4.69, 9.17) is 5.73 Å². The second-order valence-electron chi connectivity index (χ2n) is 6.52. The highest BCUT2D eigenvalue weighted by Crippen LogP contribution is 2.29. The minimum Gasteiger partial charge on any atom is -0.348 e. The normalized spacial score (nSPS) is 16.2. The first-order valence-electron chi connectivity index (χ1n) is 8.84. The molecule has 1 fully saturated rings. The molecule has 1 saturated carbocycles. The third-order valence-corrected chi connectivity index (χ3v) is 6.99. The second-order valence-corrected chi connectivity index (χ2v) is 8.75. The largest absolute Gasteiger partial charge is 0.348 e. The van der Waals surface area contributed by atoms with Gasteiger partial charge in [0.1, 0.15) is 0 Å². The Labute approximate surface area is 157 Å². The predicted octanol–water partition coefficient (Wildman–Crippen LogP) is 3.07. The first-order chi connectivity index (χ1) is 11.5. The SMILES string of the molecule is CCCCC(CN)NC(=O)c1ccc(S(=O)(=O)C2CCCC2)cc1.Cl. The molecule has 1 aromatic carbocycles. The van der Waals surface area contributed by atoms with Crippen LogP contribution in [0, 0.1) is 0 Å². The number of hydrogen-bond donors (Lipinski definition) is 2. The van der Waals surface area contributed by atoms with Crippen LogP contribution in [-0.4, -0.2) is 32.2 Å². The fourth-order valence-corrected chi connectivity index (χ4v) is 5.01. The molecule has 0 heterocycles. The smallest absolute Gasteiger partial charge is 0.251 e. The molecule has 1 amide bonds. The van der Waals surface area contributed by atoms with Gasteiger partial charge in [-0.3, -0.25) is 4.79 Å². The summed E-state index contributed by atoms with van der Waals surface area (Å²) in [6, 6.07) is 6.23. The molecule has 0 bridgehead atoms. The monoisotopic (exact) mass is 388 g/mol. The van der Waals surface area contributed by atoms with Crippen LogP contribution < -0.4 is 11.1 Å². The van der Waals surface area contributed by atoms with Crippen LogP contribution in [0.15, 0.2) is 29.2 Å².